The van der Waals surface area contributed by atoms with E-state index < -0.39 is 0 Å². The molecule has 0 atom stereocenters. The first-order chi connectivity index (χ1) is 27.0. The van der Waals surface area contributed by atoms with Gasteiger partial charge in [-0.25, -0.2) is 4.98 Å². The van der Waals surface area contributed by atoms with Crippen LogP contribution in [-0.2, 0) is 5.41 Å². The lowest BCUT2D eigenvalue weighted by Gasteiger charge is -2.22. The second kappa shape index (κ2) is 11.2. The maximum atomic E-state index is 6.86. The lowest BCUT2D eigenvalue weighted by molar-refractivity contribution is 0.653. The lowest BCUT2D eigenvalue weighted by atomic mass is 9.81. The molecule has 0 bridgehead atoms. The Bertz CT molecular complexity index is 3400. The first kappa shape index (κ1) is 30.8. The maximum absolute atomic E-state index is 6.86. The molecule has 7 aromatic carbocycles. The Hall–Kier alpha value is -6.62. The summed E-state index contributed by atoms with van der Waals surface area (Å²) in [5, 5.41) is 7.09. The molecule has 0 fully saturated rings. The highest BCUT2D eigenvalue weighted by molar-refractivity contribution is 7.26. The van der Waals surface area contributed by atoms with Gasteiger partial charge in [-0.2, -0.15) is 0 Å². The van der Waals surface area contributed by atoms with E-state index in [1.165, 1.54) is 70.1 Å². The average molecular weight is 721 g/mol. The van der Waals surface area contributed by atoms with Crippen molar-refractivity contribution in [3.05, 3.63) is 169 Å². The Morgan fingerprint density at radius 2 is 1.27 bits per heavy atom. The summed E-state index contributed by atoms with van der Waals surface area (Å²) in [6.45, 7) is 4.70. The van der Waals surface area contributed by atoms with Crippen molar-refractivity contribution in [3.63, 3.8) is 0 Å². The van der Waals surface area contributed by atoms with E-state index in [0.717, 1.165) is 49.6 Å². The van der Waals surface area contributed by atoms with E-state index in [2.05, 4.69) is 164 Å². The zero-order valence-electron chi connectivity index (χ0n) is 30.2. The van der Waals surface area contributed by atoms with Crippen LogP contribution in [0.4, 0.5) is 0 Å². The molecule has 11 aromatic rings. The molecule has 1 aliphatic carbocycles. The molecule has 12 rings (SSSR count). The third-order valence-electron chi connectivity index (χ3n) is 11.9. The highest BCUT2D eigenvalue weighted by atomic mass is 32.1. The Kier molecular flexibility index (Phi) is 6.27. The number of hydrogen-bond acceptors (Lipinski definition) is 4. The van der Waals surface area contributed by atoms with E-state index in [1.807, 2.05) is 23.6 Å². The molecule has 0 spiro atoms. The van der Waals surface area contributed by atoms with Crippen LogP contribution in [0.2, 0.25) is 0 Å². The van der Waals surface area contributed by atoms with Crippen molar-refractivity contribution in [2.75, 3.05) is 0 Å². The summed E-state index contributed by atoms with van der Waals surface area (Å²) in [5.74, 6) is 0. The minimum absolute atomic E-state index is 0.168. The number of aromatic nitrogens is 2. The van der Waals surface area contributed by atoms with Crippen molar-refractivity contribution in [1.29, 1.82) is 0 Å². The zero-order chi connectivity index (χ0) is 36.4. The Labute approximate surface area is 321 Å². The first-order valence-corrected chi connectivity index (χ1v) is 19.6. The number of rotatable bonds is 3. The van der Waals surface area contributed by atoms with Crippen LogP contribution in [0.25, 0.3) is 109 Å². The van der Waals surface area contributed by atoms with E-state index in [9.17, 15) is 0 Å². The quantitative estimate of drug-likeness (QED) is 0.171. The summed E-state index contributed by atoms with van der Waals surface area (Å²) >= 11 is 1.88. The van der Waals surface area contributed by atoms with Gasteiger partial charge in [0.25, 0.3) is 0 Å². The predicted molar refractivity (Wildman–Crippen MR) is 231 cm³/mol. The summed E-state index contributed by atoms with van der Waals surface area (Å²) in [6, 6.07) is 54.8. The van der Waals surface area contributed by atoms with Gasteiger partial charge in [-0.1, -0.05) is 135 Å². The third-order valence-corrected chi connectivity index (χ3v) is 13.1. The minimum Gasteiger partial charge on any atom is -0.455 e. The molecular weight excluding hydrogens is 689 g/mol. The van der Waals surface area contributed by atoms with Crippen LogP contribution in [0.15, 0.2) is 162 Å². The van der Waals surface area contributed by atoms with Crippen molar-refractivity contribution < 1.29 is 4.42 Å². The smallest absolute Gasteiger partial charge is 0.144 e. The van der Waals surface area contributed by atoms with Gasteiger partial charge < -0.3 is 4.42 Å². The molecule has 55 heavy (non-hydrogen) atoms. The fourth-order valence-corrected chi connectivity index (χ4v) is 10.5. The molecule has 0 saturated carbocycles. The number of benzene rings is 7. The van der Waals surface area contributed by atoms with E-state index in [0.29, 0.717) is 0 Å². The summed E-state index contributed by atoms with van der Waals surface area (Å²) < 4.78 is 9.43. The Morgan fingerprint density at radius 3 is 2.16 bits per heavy atom. The molecule has 258 valence electrons. The standard InChI is InChI=1S/C51H32N2OS/c1-51(2)39-14-6-3-11-35(39)46-40(51)28-38(44-36-12-4-7-15-42(36)54-49(44)46)34-25-24-33(45-37-13-5-8-16-43(37)55-50(34)45)29-17-19-30(20-18-29)41-26-23-32-22-21-31-10-9-27-52-47(31)48(32)53-41/h3-28H,1-2H3. The van der Waals surface area contributed by atoms with Crippen molar-refractivity contribution in [3.8, 4) is 44.6 Å². The molecule has 4 heterocycles. The van der Waals surface area contributed by atoms with Crippen LogP contribution in [-0.4, -0.2) is 9.97 Å². The normalized spacial score (nSPS) is 13.4. The lowest BCUT2D eigenvalue weighted by Crippen LogP contribution is -2.15. The summed E-state index contributed by atoms with van der Waals surface area (Å²) in [4.78, 5) is 9.80. The fraction of sp³-hybridized carbons (Fsp3) is 0.0588. The molecule has 0 aliphatic heterocycles. The molecule has 0 unspecified atom stereocenters. The van der Waals surface area contributed by atoms with Gasteiger partial charge in [0.1, 0.15) is 11.2 Å². The van der Waals surface area contributed by atoms with Gasteiger partial charge >= 0.3 is 0 Å². The predicted octanol–water partition coefficient (Wildman–Crippen LogP) is 14.4. The maximum Gasteiger partial charge on any atom is 0.144 e. The second-order valence-corrected chi connectivity index (χ2v) is 16.3. The van der Waals surface area contributed by atoms with Crippen molar-refractivity contribution in [2.24, 2.45) is 0 Å². The zero-order valence-corrected chi connectivity index (χ0v) is 31.0. The number of pyridine rings is 2. The van der Waals surface area contributed by atoms with E-state index in [-0.39, 0.29) is 5.41 Å². The van der Waals surface area contributed by atoms with Crippen molar-refractivity contribution in [2.45, 2.75) is 19.3 Å². The molecule has 0 N–H and O–H groups in total. The highest BCUT2D eigenvalue weighted by Crippen LogP contribution is 2.56. The van der Waals surface area contributed by atoms with Gasteiger partial charge in [-0.3, -0.25) is 4.98 Å². The molecule has 4 aromatic heterocycles. The van der Waals surface area contributed by atoms with Crippen molar-refractivity contribution >= 4 is 75.3 Å². The van der Waals surface area contributed by atoms with Crippen molar-refractivity contribution in [1.82, 2.24) is 9.97 Å². The van der Waals surface area contributed by atoms with Gasteiger partial charge in [-0.15, -0.1) is 11.3 Å². The van der Waals surface area contributed by atoms with Gasteiger partial charge in [0.15, 0.2) is 0 Å². The third kappa shape index (κ3) is 4.31. The number of hydrogen-bond donors (Lipinski definition) is 0. The Morgan fingerprint density at radius 1 is 0.545 bits per heavy atom. The number of thiophene rings is 1. The van der Waals surface area contributed by atoms with Crippen LogP contribution < -0.4 is 0 Å². The van der Waals surface area contributed by atoms with E-state index >= 15 is 0 Å². The first-order valence-electron chi connectivity index (χ1n) is 18.8. The topological polar surface area (TPSA) is 38.9 Å². The fourth-order valence-electron chi connectivity index (χ4n) is 9.25. The number of fused-ring (bicyclic) bond motifs is 13. The number of para-hydroxylation sites is 1. The van der Waals surface area contributed by atoms with Crippen LogP contribution >= 0.6 is 11.3 Å². The molecule has 3 nitrogen and oxygen atoms in total. The SMILES string of the molecule is CC1(C)c2ccccc2-c2c1cc(-c1ccc(-c3ccc(-c4ccc5ccc6cccnc6c5n4)cc3)c3c1sc1ccccc13)c1c2oc2ccccc21. The molecule has 4 heteroatoms. The van der Waals surface area contributed by atoms with Crippen LogP contribution in [0.1, 0.15) is 25.0 Å². The second-order valence-electron chi connectivity index (χ2n) is 15.3. The molecule has 0 radical (unpaired) electrons. The summed E-state index contributed by atoms with van der Waals surface area (Å²) in [6.07, 6.45) is 1.84. The largest absolute Gasteiger partial charge is 0.455 e. The minimum atomic E-state index is -0.168. The Balaban J connectivity index is 1.07. The van der Waals surface area contributed by atoms with E-state index in [4.69, 9.17) is 9.40 Å². The highest BCUT2D eigenvalue weighted by Gasteiger charge is 2.39. The van der Waals surface area contributed by atoms with Gasteiger partial charge in [0, 0.05) is 70.0 Å². The monoisotopic (exact) mass is 720 g/mol. The molecule has 1 aliphatic rings. The van der Waals surface area contributed by atoms with Crippen LogP contribution in [0, 0.1) is 0 Å². The van der Waals surface area contributed by atoms with Crippen LogP contribution in [0.5, 0.6) is 0 Å². The molecule has 0 amide bonds. The summed E-state index contributed by atoms with van der Waals surface area (Å²) in [5.41, 5.74) is 15.6. The van der Waals surface area contributed by atoms with Gasteiger partial charge in [-0.05, 0) is 63.7 Å². The number of furan rings is 1. The summed E-state index contributed by atoms with van der Waals surface area (Å²) in [7, 11) is 0. The van der Waals surface area contributed by atoms with E-state index in [1.54, 1.807) is 0 Å². The van der Waals surface area contributed by atoms with Gasteiger partial charge in [0.05, 0.1) is 16.7 Å². The van der Waals surface area contributed by atoms with Gasteiger partial charge in [0.2, 0.25) is 0 Å². The molecule has 0 saturated heterocycles. The van der Waals surface area contributed by atoms with Crippen LogP contribution in [0.3, 0.4) is 0 Å². The average Bonchev–Trinajstić information content (AvgIpc) is 3.89. The molecular formula is C51H32N2OS. The number of nitrogens with zero attached hydrogens (tertiary/aromatic N) is 2.